The third kappa shape index (κ3) is 4.02. The largest absolute Gasteiger partial charge is 0.376 e. The molecule has 3 heterocycles. The molecular formula is C14H19ClN4OS2. The first-order valence-corrected chi connectivity index (χ1v) is 9.49. The molecule has 120 valence electrons. The molecule has 1 N–H and O–H groups in total. The molecule has 8 heteroatoms. The molecule has 22 heavy (non-hydrogen) atoms. The van der Waals surface area contributed by atoms with Crippen molar-refractivity contribution in [2.75, 3.05) is 13.7 Å². The maximum absolute atomic E-state index is 5.98. The molecule has 1 fully saturated rings. The summed E-state index contributed by atoms with van der Waals surface area (Å²) in [6.45, 7) is 2.41. The summed E-state index contributed by atoms with van der Waals surface area (Å²) in [6, 6.07) is 4.00. The number of thiophene rings is 1. The Kier molecular flexibility index (Phi) is 5.76. The van der Waals surface area contributed by atoms with E-state index >= 15 is 0 Å². The van der Waals surface area contributed by atoms with Gasteiger partial charge in [0, 0.05) is 17.2 Å². The Bertz CT molecular complexity index is 610. The summed E-state index contributed by atoms with van der Waals surface area (Å²) in [5.74, 6) is 1.82. The maximum atomic E-state index is 5.98. The molecule has 0 spiro atoms. The van der Waals surface area contributed by atoms with E-state index in [4.69, 9.17) is 16.3 Å². The Morgan fingerprint density at radius 2 is 2.41 bits per heavy atom. The molecule has 0 amide bonds. The van der Waals surface area contributed by atoms with Gasteiger partial charge in [-0.3, -0.25) is 0 Å². The van der Waals surface area contributed by atoms with Crippen LogP contribution in [0.2, 0.25) is 4.34 Å². The first-order valence-electron chi connectivity index (χ1n) is 7.31. The van der Waals surface area contributed by atoms with E-state index in [1.165, 1.54) is 4.88 Å². The van der Waals surface area contributed by atoms with Crippen LogP contribution < -0.4 is 5.32 Å². The van der Waals surface area contributed by atoms with Crippen molar-refractivity contribution in [3.8, 4) is 0 Å². The van der Waals surface area contributed by atoms with Crippen molar-refractivity contribution in [3.05, 3.63) is 27.2 Å². The van der Waals surface area contributed by atoms with Gasteiger partial charge >= 0.3 is 0 Å². The zero-order chi connectivity index (χ0) is 15.4. The Labute approximate surface area is 143 Å². The summed E-state index contributed by atoms with van der Waals surface area (Å²) in [6.07, 6.45) is 2.54. The third-order valence-electron chi connectivity index (χ3n) is 3.51. The fourth-order valence-corrected chi connectivity index (χ4v) is 4.55. The molecule has 0 bridgehead atoms. The predicted octanol–water partition coefficient (Wildman–Crippen LogP) is 3.18. The lowest BCUT2D eigenvalue weighted by molar-refractivity contribution is 0.0941. The van der Waals surface area contributed by atoms with E-state index in [1.54, 1.807) is 23.1 Å². The number of nitrogens with one attached hydrogen (secondary N) is 1. The number of aromatic nitrogens is 3. The van der Waals surface area contributed by atoms with Crippen LogP contribution in [0.15, 0.2) is 17.3 Å². The molecule has 0 saturated carbocycles. The third-order valence-corrected chi connectivity index (χ3v) is 5.94. The van der Waals surface area contributed by atoms with Crippen LogP contribution >= 0.6 is 34.7 Å². The van der Waals surface area contributed by atoms with E-state index in [1.807, 2.05) is 13.1 Å². The van der Waals surface area contributed by atoms with Crippen molar-refractivity contribution in [1.82, 2.24) is 20.1 Å². The van der Waals surface area contributed by atoms with Crippen LogP contribution in [0.1, 0.15) is 23.5 Å². The number of halogens is 1. The highest BCUT2D eigenvalue weighted by molar-refractivity contribution is 7.98. The molecule has 3 rings (SSSR count). The van der Waals surface area contributed by atoms with Crippen LogP contribution in [0.4, 0.5) is 0 Å². The van der Waals surface area contributed by atoms with E-state index < -0.39 is 0 Å². The highest BCUT2D eigenvalue weighted by Crippen LogP contribution is 2.29. The Balaban J connectivity index is 1.71. The summed E-state index contributed by atoms with van der Waals surface area (Å²) >= 11 is 9.30. The molecule has 1 aliphatic rings. The minimum Gasteiger partial charge on any atom is -0.376 e. The van der Waals surface area contributed by atoms with E-state index in [-0.39, 0.29) is 6.10 Å². The number of ether oxygens (including phenoxy) is 1. The molecule has 1 atom stereocenters. The SMILES string of the molecule is CNCc1nnc(SCc2ccc(Cl)s2)n1C[C@H]1CCCO1. The van der Waals surface area contributed by atoms with Crippen molar-refractivity contribution in [3.63, 3.8) is 0 Å². The Morgan fingerprint density at radius 1 is 1.50 bits per heavy atom. The van der Waals surface area contributed by atoms with Crippen LogP contribution in [-0.2, 0) is 23.6 Å². The van der Waals surface area contributed by atoms with Gasteiger partial charge < -0.3 is 14.6 Å². The van der Waals surface area contributed by atoms with Gasteiger partial charge in [-0.1, -0.05) is 23.4 Å². The minimum absolute atomic E-state index is 0.280. The first-order chi connectivity index (χ1) is 10.8. The summed E-state index contributed by atoms with van der Waals surface area (Å²) in [5, 5.41) is 12.8. The summed E-state index contributed by atoms with van der Waals surface area (Å²) in [7, 11) is 1.92. The van der Waals surface area contributed by atoms with Crippen LogP contribution in [0.5, 0.6) is 0 Å². The van der Waals surface area contributed by atoms with E-state index in [0.29, 0.717) is 6.54 Å². The molecule has 0 radical (unpaired) electrons. The summed E-state index contributed by atoms with van der Waals surface area (Å²) < 4.78 is 8.77. The van der Waals surface area contributed by atoms with Crippen molar-refractivity contribution in [2.45, 2.75) is 42.9 Å². The molecule has 1 aliphatic heterocycles. The second-order valence-corrected chi connectivity index (χ2v) is 7.91. The van der Waals surface area contributed by atoms with Crippen molar-refractivity contribution >= 4 is 34.7 Å². The van der Waals surface area contributed by atoms with Crippen LogP contribution in [0.3, 0.4) is 0 Å². The predicted molar refractivity (Wildman–Crippen MR) is 90.6 cm³/mol. The van der Waals surface area contributed by atoms with Gasteiger partial charge in [-0.2, -0.15) is 0 Å². The van der Waals surface area contributed by atoms with Gasteiger partial charge in [-0.15, -0.1) is 21.5 Å². The Morgan fingerprint density at radius 3 is 3.09 bits per heavy atom. The molecule has 0 aliphatic carbocycles. The quantitative estimate of drug-likeness (QED) is 0.770. The number of hydrogen-bond donors (Lipinski definition) is 1. The first kappa shape index (κ1) is 16.3. The smallest absolute Gasteiger partial charge is 0.191 e. The number of hydrogen-bond acceptors (Lipinski definition) is 6. The standard InChI is InChI=1S/C14H19ClN4OS2/c1-16-7-13-17-18-14(19(13)8-10-3-2-6-20-10)21-9-11-4-5-12(15)22-11/h4-5,10,16H,2-3,6-9H2,1H3/t10-/m1/s1. The average Bonchev–Trinajstić information content (AvgIpc) is 3.22. The fraction of sp³-hybridized carbons (Fsp3) is 0.571. The van der Waals surface area contributed by atoms with Gasteiger partial charge in [0.25, 0.3) is 0 Å². The number of thioether (sulfide) groups is 1. The number of rotatable bonds is 7. The summed E-state index contributed by atoms with van der Waals surface area (Å²) in [4.78, 5) is 1.25. The van der Waals surface area contributed by atoms with Gasteiger partial charge in [-0.05, 0) is 32.0 Å². The molecule has 1 saturated heterocycles. The normalized spacial score (nSPS) is 18.2. The van der Waals surface area contributed by atoms with E-state index in [0.717, 1.165) is 47.1 Å². The molecule has 0 aromatic carbocycles. The molecular weight excluding hydrogens is 340 g/mol. The van der Waals surface area contributed by atoms with E-state index in [2.05, 4.69) is 26.1 Å². The van der Waals surface area contributed by atoms with Gasteiger partial charge in [-0.25, -0.2) is 0 Å². The Hall–Kier alpha value is -0.600. The molecule has 2 aromatic heterocycles. The lowest BCUT2D eigenvalue weighted by atomic mass is 10.2. The maximum Gasteiger partial charge on any atom is 0.191 e. The fourth-order valence-electron chi connectivity index (χ4n) is 2.45. The lowest BCUT2D eigenvalue weighted by Gasteiger charge is -2.14. The van der Waals surface area contributed by atoms with Crippen molar-refractivity contribution in [1.29, 1.82) is 0 Å². The van der Waals surface area contributed by atoms with Gasteiger partial charge in [0.15, 0.2) is 5.16 Å². The van der Waals surface area contributed by atoms with Crippen LogP contribution in [-0.4, -0.2) is 34.5 Å². The zero-order valence-electron chi connectivity index (χ0n) is 12.4. The topological polar surface area (TPSA) is 52.0 Å². The second-order valence-electron chi connectivity index (χ2n) is 5.17. The van der Waals surface area contributed by atoms with Crippen molar-refractivity contribution < 1.29 is 4.74 Å². The molecule has 2 aromatic rings. The summed E-state index contributed by atoms with van der Waals surface area (Å²) in [5.41, 5.74) is 0. The second kappa shape index (κ2) is 7.79. The molecule has 0 unspecified atom stereocenters. The van der Waals surface area contributed by atoms with Gasteiger partial charge in [0.2, 0.25) is 0 Å². The highest BCUT2D eigenvalue weighted by Gasteiger charge is 2.20. The highest BCUT2D eigenvalue weighted by atomic mass is 35.5. The minimum atomic E-state index is 0.280. The average molecular weight is 359 g/mol. The van der Waals surface area contributed by atoms with Gasteiger partial charge in [0.05, 0.1) is 23.5 Å². The lowest BCUT2D eigenvalue weighted by Crippen LogP contribution is -2.20. The van der Waals surface area contributed by atoms with Crippen LogP contribution in [0, 0.1) is 0 Å². The van der Waals surface area contributed by atoms with Crippen LogP contribution in [0.25, 0.3) is 0 Å². The monoisotopic (exact) mass is 358 g/mol. The zero-order valence-corrected chi connectivity index (χ0v) is 14.8. The van der Waals surface area contributed by atoms with Gasteiger partial charge in [0.1, 0.15) is 5.82 Å². The molecule has 5 nitrogen and oxygen atoms in total. The van der Waals surface area contributed by atoms with E-state index in [9.17, 15) is 0 Å². The number of nitrogens with zero attached hydrogens (tertiary/aromatic N) is 3. The van der Waals surface area contributed by atoms with Crippen molar-refractivity contribution in [2.24, 2.45) is 0 Å².